The Balaban J connectivity index is 1.78. The van der Waals surface area contributed by atoms with Gasteiger partial charge in [-0.2, -0.15) is 0 Å². The fraction of sp³-hybridized carbons (Fsp3) is 0.125. The molecule has 2 aromatic heterocycles. The Bertz CT molecular complexity index is 1420. The summed E-state index contributed by atoms with van der Waals surface area (Å²) in [7, 11) is 0. The minimum atomic E-state index is -0.0903. The highest BCUT2D eigenvalue weighted by atomic mass is 32.2. The van der Waals surface area contributed by atoms with E-state index in [2.05, 4.69) is 29.3 Å². The number of hydrogen-bond acceptors (Lipinski definition) is 4. The smallest absolute Gasteiger partial charge is 0.267 e. The van der Waals surface area contributed by atoms with E-state index in [1.165, 1.54) is 5.56 Å². The zero-order valence-electron chi connectivity index (χ0n) is 16.7. The molecule has 0 radical (unpaired) electrons. The highest BCUT2D eigenvalue weighted by molar-refractivity contribution is 7.99. The first-order valence-electron chi connectivity index (χ1n) is 9.81. The summed E-state index contributed by atoms with van der Waals surface area (Å²) in [5, 5.41) is 10.5. The van der Waals surface area contributed by atoms with Crippen molar-refractivity contribution in [1.29, 1.82) is 0 Å². The molecule has 3 aromatic carbocycles. The number of benzene rings is 3. The second-order valence-corrected chi connectivity index (χ2v) is 8.54. The van der Waals surface area contributed by atoms with Crippen LogP contribution < -0.4 is 5.56 Å². The fourth-order valence-electron chi connectivity index (χ4n) is 3.74. The largest absolute Gasteiger partial charge is 0.268 e. The van der Waals surface area contributed by atoms with E-state index in [-0.39, 0.29) is 10.8 Å². The third-order valence-electron chi connectivity index (χ3n) is 5.30. The first-order chi connectivity index (χ1) is 14.6. The van der Waals surface area contributed by atoms with E-state index in [9.17, 15) is 4.79 Å². The molecule has 5 rings (SSSR count). The van der Waals surface area contributed by atoms with Crippen LogP contribution in [0.25, 0.3) is 22.4 Å². The second kappa shape index (κ2) is 7.46. The average Bonchev–Trinajstić information content (AvgIpc) is 3.19. The summed E-state index contributed by atoms with van der Waals surface area (Å²) in [5.41, 5.74) is 3.77. The lowest BCUT2D eigenvalue weighted by Gasteiger charge is -2.14. The van der Waals surface area contributed by atoms with Gasteiger partial charge in [0, 0.05) is 5.25 Å². The van der Waals surface area contributed by atoms with Gasteiger partial charge >= 0.3 is 0 Å². The molecule has 0 aliphatic rings. The Labute approximate surface area is 178 Å². The van der Waals surface area contributed by atoms with Gasteiger partial charge in [0.25, 0.3) is 5.56 Å². The van der Waals surface area contributed by atoms with Gasteiger partial charge in [0.05, 0.1) is 16.6 Å². The lowest BCUT2D eigenvalue weighted by molar-refractivity contribution is 0.919. The number of rotatable bonds is 4. The summed E-state index contributed by atoms with van der Waals surface area (Å²) in [6, 6.07) is 25.8. The van der Waals surface area contributed by atoms with Gasteiger partial charge in [-0.3, -0.25) is 9.20 Å². The summed E-state index contributed by atoms with van der Waals surface area (Å²) in [5.74, 6) is 0.524. The zero-order chi connectivity index (χ0) is 20.7. The maximum Gasteiger partial charge on any atom is 0.267 e. The molecule has 0 bridgehead atoms. The number of para-hydroxylation sites is 2. The molecule has 0 aliphatic heterocycles. The first kappa shape index (κ1) is 18.6. The van der Waals surface area contributed by atoms with Crippen molar-refractivity contribution in [2.45, 2.75) is 24.3 Å². The predicted molar refractivity (Wildman–Crippen MR) is 122 cm³/mol. The van der Waals surface area contributed by atoms with Crippen LogP contribution in [-0.4, -0.2) is 19.2 Å². The number of nitrogens with zero attached hydrogens (tertiary/aromatic N) is 4. The lowest BCUT2D eigenvalue weighted by Crippen LogP contribution is -2.22. The SMILES string of the molecule is Cc1ccccc1-n1c(=O)c2ccccc2n2c(SC(C)c3ccccc3)nnc12. The van der Waals surface area contributed by atoms with Crippen molar-refractivity contribution in [2.75, 3.05) is 0 Å². The van der Waals surface area contributed by atoms with Gasteiger partial charge in [0.15, 0.2) is 5.16 Å². The van der Waals surface area contributed by atoms with Gasteiger partial charge < -0.3 is 0 Å². The Morgan fingerprint density at radius 2 is 1.57 bits per heavy atom. The first-order valence-corrected chi connectivity index (χ1v) is 10.7. The van der Waals surface area contributed by atoms with Crippen molar-refractivity contribution in [3.05, 3.63) is 100 Å². The normalized spacial score (nSPS) is 12.5. The van der Waals surface area contributed by atoms with Crippen LogP contribution >= 0.6 is 11.8 Å². The Morgan fingerprint density at radius 1 is 0.867 bits per heavy atom. The van der Waals surface area contributed by atoms with Crippen LogP contribution in [0.5, 0.6) is 0 Å². The Hall–Kier alpha value is -3.38. The van der Waals surface area contributed by atoms with E-state index in [4.69, 9.17) is 0 Å². The Morgan fingerprint density at radius 3 is 2.37 bits per heavy atom. The van der Waals surface area contributed by atoms with E-state index in [1.807, 2.05) is 78.1 Å². The third kappa shape index (κ3) is 3.00. The molecule has 5 nitrogen and oxygen atoms in total. The molecule has 0 saturated carbocycles. The highest BCUT2D eigenvalue weighted by Crippen LogP contribution is 2.34. The Kier molecular flexibility index (Phi) is 4.64. The second-order valence-electron chi connectivity index (χ2n) is 7.23. The van der Waals surface area contributed by atoms with Crippen LogP contribution in [0, 0.1) is 6.92 Å². The topological polar surface area (TPSA) is 52.2 Å². The standard InChI is InChI=1S/C24H20N4OS/c1-16-10-6-8-14-20(16)27-22(29)19-13-7-9-15-21(19)28-23(27)25-26-24(28)30-17(2)18-11-4-3-5-12-18/h3-15,17H,1-2H3. The average molecular weight is 413 g/mol. The maximum atomic E-state index is 13.4. The number of fused-ring (bicyclic) bond motifs is 3. The van der Waals surface area contributed by atoms with Crippen LogP contribution in [0.1, 0.15) is 23.3 Å². The number of aromatic nitrogens is 4. The molecular formula is C24H20N4OS. The number of aryl methyl sites for hydroxylation is 1. The summed E-state index contributed by atoms with van der Waals surface area (Å²) in [6.07, 6.45) is 0. The van der Waals surface area contributed by atoms with E-state index in [0.29, 0.717) is 11.2 Å². The van der Waals surface area contributed by atoms with Gasteiger partial charge in [-0.25, -0.2) is 4.57 Å². The maximum absolute atomic E-state index is 13.4. The predicted octanol–water partition coefficient (Wildman–Crippen LogP) is 5.20. The van der Waals surface area contributed by atoms with Crippen LogP contribution in [0.4, 0.5) is 0 Å². The van der Waals surface area contributed by atoms with Gasteiger partial charge in [0.1, 0.15) is 0 Å². The minimum absolute atomic E-state index is 0.0903. The van der Waals surface area contributed by atoms with E-state index >= 15 is 0 Å². The van der Waals surface area contributed by atoms with Crippen LogP contribution in [-0.2, 0) is 0 Å². The molecule has 5 aromatic rings. The number of hydrogen-bond donors (Lipinski definition) is 0. The molecule has 0 saturated heterocycles. The molecule has 0 spiro atoms. The van der Waals surface area contributed by atoms with Crippen molar-refractivity contribution >= 4 is 28.4 Å². The molecule has 0 amide bonds. The van der Waals surface area contributed by atoms with Crippen molar-refractivity contribution in [3.8, 4) is 5.69 Å². The van der Waals surface area contributed by atoms with Gasteiger partial charge in [-0.05, 0) is 43.2 Å². The van der Waals surface area contributed by atoms with Gasteiger partial charge in [-0.1, -0.05) is 72.4 Å². The molecule has 1 unspecified atom stereocenters. The molecule has 0 fully saturated rings. The van der Waals surface area contributed by atoms with Crippen molar-refractivity contribution in [2.24, 2.45) is 0 Å². The van der Waals surface area contributed by atoms with E-state index < -0.39 is 0 Å². The molecule has 30 heavy (non-hydrogen) atoms. The van der Waals surface area contributed by atoms with Gasteiger partial charge in [-0.15, -0.1) is 10.2 Å². The quantitative estimate of drug-likeness (QED) is 0.381. The van der Waals surface area contributed by atoms with Crippen molar-refractivity contribution in [1.82, 2.24) is 19.2 Å². The molecular weight excluding hydrogens is 392 g/mol. The van der Waals surface area contributed by atoms with E-state index in [0.717, 1.165) is 21.9 Å². The van der Waals surface area contributed by atoms with Crippen molar-refractivity contribution < 1.29 is 0 Å². The van der Waals surface area contributed by atoms with Crippen molar-refractivity contribution in [3.63, 3.8) is 0 Å². The highest BCUT2D eigenvalue weighted by Gasteiger charge is 2.20. The molecule has 2 heterocycles. The monoisotopic (exact) mass is 412 g/mol. The number of thioether (sulfide) groups is 1. The fourth-order valence-corrected chi connectivity index (χ4v) is 4.72. The lowest BCUT2D eigenvalue weighted by atomic mass is 10.2. The molecule has 148 valence electrons. The van der Waals surface area contributed by atoms with Crippen LogP contribution in [0.15, 0.2) is 88.8 Å². The van der Waals surface area contributed by atoms with Crippen LogP contribution in [0.3, 0.4) is 0 Å². The molecule has 0 aliphatic carbocycles. The summed E-state index contributed by atoms with van der Waals surface area (Å²) < 4.78 is 3.66. The zero-order valence-corrected chi connectivity index (χ0v) is 17.5. The molecule has 1 atom stereocenters. The summed E-state index contributed by atoms with van der Waals surface area (Å²) in [6.45, 7) is 4.15. The minimum Gasteiger partial charge on any atom is -0.268 e. The summed E-state index contributed by atoms with van der Waals surface area (Å²) >= 11 is 1.64. The van der Waals surface area contributed by atoms with E-state index in [1.54, 1.807) is 16.3 Å². The van der Waals surface area contributed by atoms with Crippen LogP contribution in [0.2, 0.25) is 0 Å². The third-order valence-corrected chi connectivity index (χ3v) is 6.40. The van der Waals surface area contributed by atoms with Gasteiger partial charge in [0.2, 0.25) is 5.78 Å². The molecule has 6 heteroatoms. The molecule has 0 N–H and O–H groups in total. The summed E-state index contributed by atoms with van der Waals surface area (Å²) in [4.78, 5) is 13.4.